The predicted molar refractivity (Wildman–Crippen MR) is 222 cm³/mol. The van der Waals surface area contributed by atoms with Gasteiger partial charge in [-0.05, 0) is 64.7 Å². The molecule has 0 saturated carbocycles. The van der Waals surface area contributed by atoms with Gasteiger partial charge in [0.15, 0.2) is 17.5 Å². The number of hydrogen-bond donors (Lipinski definition) is 0. The standard InChI is InChI=1S/C49H31N5/c1-3-16-33(17-4-1)47-50-48(34-18-5-2-6-19-34)52-49(51-47)39-22-10-12-25-41(39)54-42-26-13-23-38-37-21-9-11-24-40(37)53(43-27-14-28-44(54)46(43)45(38)42)36-30-29-32-15-7-8-20-35(32)31-36/h1-31H. The largest absolute Gasteiger partial charge is 0.309 e. The summed E-state index contributed by atoms with van der Waals surface area (Å²) in [6.45, 7) is 0. The SMILES string of the molecule is c1ccc(-c2nc(-c3ccccc3)nc(-c3ccccc3-n3c4cccc5c6ccccc6n(-c6ccc7ccccc7c6)c6cccc3c6c54)n2)cc1. The van der Waals surface area contributed by atoms with Gasteiger partial charge in [0.25, 0.3) is 0 Å². The van der Waals surface area contributed by atoms with Crippen molar-refractivity contribution in [3.05, 3.63) is 188 Å². The summed E-state index contributed by atoms with van der Waals surface area (Å²) in [6, 6.07) is 66.3. The maximum Gasteiger partial charge on any atom is 0.166 e. The van der Waals surface area contributed by atoms with Crippen LogP contribution in [0.2, 0.25) is 0 Å². The van der Waals surface area contributed by atoms with Gasteiger partial charge < -0.3 is 9.13 Å². The predicted octanol–water partition coefficient (Wildman–Crippen LogP) is 12.2. The van der Waals surface area contributed by atoms with Crippen molar-refractivity contribution in [3.63, 3.8) is 0 Å². The van der Waals surface area contributed by atoms with Crippen LogP contribution >= 0.6 is 0 Å². The molecule has 3 aromatic heterocycles. The summed E-state index contributed by atoms with van der Waals surface area (Å²) in [5.74, 6) is 1.90. The molecule has 0 bridgehead atoms. The molecule has 0 atom stereocenters. The smallest absolute Gasteiger partial charge is 0.166 e. The van der Waals surface area contributed by atoms with Gasteiger partial charge in [0, 0.05) is 38.5 Å². The van der Waals surface area contributed by atoms with Crippen LogP contribution < -0.4 is 0 Å². The summed E-state index contributed by atoms with van der Waals surface area (Å²) in [7, 11) is 0. The minimum atomic E-state index is 0.621. The highest BCUT2D eigenvalue weighted by atomic mass is 15.1. The summed E-state index contributed by atoms with van der Waals surface area (Å²) in [5.41, 5.74) is 9.46. The second kappa shape index (κ2) is 12.1. The molecule has 11 aromatic rings. The molecule has 252 valence electrons. The van der Waals surface area contributed by atoms with Gasteiger partial charge in [-0.15, -0.1) is 0 Å². The number of para-hydroxylation sites is 2. The minimum Gasteiger partial charge on any atom is -0.309 e. The van der Waals surface area contributed by atoms with E-state index in [4.69, 9.17) is 15.0 Å². The Balaban J connectivity index is 1.24. The van der Waals surface area contributed by atoms with E-state index >= 15 is 0 Å². The fourth-order valence-corrected chi connectivity index (χ4v) is 8.17. The number of fused-ring (bicyclic) bond motifs is 3. The first-order chi connectivity index (χ1) is 26.8. The van der Waals surface area contributed by atoms with E-state index in [1.54, 1.807) is 0 Å². The van der Waals surface area contributed by atoms with Crippen LogP contribution in [0.4, 0.5) is 0 Å². The highest BCUT2D eigenvalue weighted by Crippen LogP contribution is 2.43. The van der Waals surface area contributed by atoms with E-state index < -0.39 is 0 Å². The first-order valence-corrected chi connectivity index (χ1v) is 18.2. The van der Waals surface area contributed by atoms with Gasteiger partial charge in [-0.25, -0.2) is 15.0 Å². The molecule has 0 N–H and O–H groups in total. The van der Waals surface area contributed by atoms with Gasteiger partial charge in [0.2, 0.25) is 0 Å². The lowest BCUT2D eigenvalue weighted by Crippen LogP contribution is -2.03. The Hall–Kier alpha value is -7.37. The number of hydrogen-bond acceptors (Lipinski definition) is 3. The van der Waals surface area contributed by atoms with E-state index in [0.717, 1.165) is 50.1 Å². The van der Waals surface area contributed by atoms with E-state index in [2.05, 4.69) is 137 Å². The molecule has 0 aliphatic heterocycles. The Bertz CT molecular complexity index is 3160. The molecule has 0 aliphatic carbocycles. The van der Waals surface area contributed by atoms with Crippen LogP contribution in [0.25, 0.3) is 99.9 Å². The number of nitrogens with zero attached hydrogens (tertiary/aromatic N) is 5. The third-order valence-electron chi connectivity index (χ3n) is 10.5. The average Bonchev–Trinajstić information content (AvgIpc) is 3.53. The van der Waals surface area contributed by atoms with Gasteiger partial charge in [0.1, 0.15) is 0 Å². The lowest BCUT2D eigenvalue weighted by atomic mass is 10.1. The van der Waals surface area contributed by atoms with Crippen molar-refractivity contribution in [2.24, 2.45) is 0 Å². The van der Waals surface area contributed by atoms with Gasteiger partial charge in [-0.1, -0.05) is 140 Å². The summed E-state index contributed by atoms with van der Waals surface area (Å²) < 4.78 is 4.83. The highest BCUT2D eigenvalue weighted by molar-refractivity contribution is 6.28. The maximum absolute atomic E-state index is 5.16. The molecule has 0 fully saturated rings. The zero-order valence-corrected chi connectivity index (χ0v) is 29.1. The Morgan fingerprint density at radius 3 is 1.63 bits per heavy atom. The number of rotatable bonds is 5. The molecular formula is C49H31N5. The Morgan fingerprint density at radius 1 is 0.333 bits per heavy atom. The van der Waals surface area contributed by atoms with E-state index in [1.165, 1.54) is 32.3 Å². The third-order valence-corrected chi connectivity index (χ3v) is 10.5. The average molecular weight is 690 g/mol. The zero-order chi connectivity index (χ0) is 35.6. The lowest BCUT2D eigenvalue weighted by Gasteiger charge is -2.16. The van der Waals surface area contributed by atoms with Crippen LogP contribution in [0.3, 0.4) is 0 Å². The van der Waals surface area contributed by atoms with Crippen molar-refractivity contribution in [2.45, 2.75) is 0 Å². The quantitative estimate of drug-likeness (QED) is 0.181. The van der Waals surface area contributed by atoms with E-state index in [1.807, 2.05) is 60.7 Å². The summed E-state index contributed by atoms with van der Waals surface area (Å²) in [6.07, 6.45) is 0. The van der Waals surface area contributed by atoms with Crippen LogP contribution in [0, 0.1) is 0 Å². The van der Waals surface area contributed by atoms with Crippen LogP contribution in [-0.2, 0) is 0 Å². The summed E-state index contributed by atoms with van der Waals surface area (Å²) in [5, 5.41) is 7.25. The molecule has 0 aliphatic rings. The summed E-state index contributed by atoms with van der Waals surface area (Å²) >= 11 is 0. The van der Waals surface area contributed by atoms with Gasteiger partial charge in [-0.2, -0.15) is 0 Å². The van der Waals surface area contributed by atoms with Crippen molar-refractivity contribution < 1.29 is 0 Å². The van der Waals surface area contributed by atoms with Gasteiger partial charge >= 0.3 is 0 Å². The molecule has 0 radical (unpaired) electrons. The fourth-order valence-electron chi connectivity index (χ4n) is 8.17. The monoisotopic (exact) mass is 689 g/mol. The second-order valence-electron chi connectivity index (χ2n) is 13.6. The normalized spacial score (nSPS) is 11.7. The van der Waals surface area contributed by atoms with E-state index in [-0.39, 0.29) is 0 Å². The molecule has 5 heteroatoms. The van der Waals surface area contributed by atoms with Gasteiger partial charge in [-0.3, -0.25) is 0 Å². The van der Waals surface area contributed by atoms with Crippen molar-refractivity contribution in [2.75, 3.05) is 0 Å². The molecule has 3 heterocycles. The third kappa shape index (κ3) is 4.69. The zero-order valence-electron chi connectivity index (χ0n) is 29.1. The van der Waals surface area contributed by atoms with Gasteiger partial charge in [0.05, 0.1) is 27.8 Å². The fraction of sp³-hybridized carbons (Fsp3) is 0. The van der Waals surface area contributed by atoms with Crippen LogP contribution in [0.1, 0.15) is 0 Å². The van der Waals surface area contributed by atoms with Crippen molar-refractivity contribution in [1.82, 2.24) is 24.1 Å². The lowest BCUT2D eigenvalue weighted by molar-refractivity contribution is 1.06. The summed E-state index contributed by atoms with van der Waals surface area (Å²) in [4.78, 5) is 15.3. The number of benzene rings is 8. The van der Waals surface area contributed by atoms with Crippen LogP contribution in [0.15, 0.2) is 188 Å². The van der Waals surface area contributed by atoms with Crippen molar-refractivity contribution >= 4 is 54.4 Å². The van der Waals surface area contributed by atoms with E-state index in [9.17, 15) is 0 Å². The van der Waals surface area contributed by atoms with Crippen molar-refractivity contribution in [3.8, 4) is 45.5 Å². The van der Waals surface area contributed by atoms with Crippen LogP contribution in [0.5, 0.6) is 0 Å². The Kier molecular flexibility index (Phi) is 6.79. The molecule has 0 spiro atoms. The molecule has 0 saturated heterocycles. The Morgan fingerprint density at radius 2 is 0.870 bits per heavy atom. The van der Waals surface area contributed by atoms with Crippen molar-refractivity contribution in [1.29, 1.82) is 0 Å². The molecular weight excluding hydrogens is 659 g/mol. The molecule has 54 heavy (non-hydrogen) atoms. The second-order valence-corrected chi connectivity index (χ2v) is 13.6. The molecule has 8 aromatic carbocycles. The van der Waals surface area contributed by atoms with E-state index in [0.29, 0.717) is 17.5 Å². The minimum absolute atomic E-state index is 0.621. The molecule has 0 unspecified atom stereocenters. The molecule has 11 rings (SSSR count). The van der Waals surface area contributed by atoms with Crippen LogP contribution in [-0.4, -0.2) is 24.1 Å². The maximum atomic E-state index is 5.16. The topological polar surface area (TPSA) is 48.5 Å². The first-order valence-electron chi connectivity index (χ1n) is 18.2. The molecule has 0 amide bonds. The first kappa shape index (κ1) is 30.3. The number of aromatic nitrogens is 5. The highest BCUT2D eigenvalue weighted by Gasteiger charge is 2.23. The Labute approximate surface area is 311 Å². The molecule has 5 nitrogen and oxygen atoms in total.